The standard InChI is InChI=1S/C22H30N6O2/c1-15(2)17-6-4-16(5-7-17)12-20(29)27-18-8-10-28(11-9-18)22-19(13-26-30-3)21(23)24-14-25-22/h4-7,13-15,18H,8-12H2,1-3H3,(H,27,29)(H2,23,24,25). The highest BCUT2D eigenvalue weighted by Crippen LogP contribution is 2.23. The molecule has 1 amide bonds. The Kier molecular flexibility index (Phi) is 7.21. The van der Waals surface area contributed by atoms with Gasteiger partial charge in [0.15, 0.2) is 0 Å². The lowest BCUT2D eigenvalue weighted by atomic mass is 10.0. The Labute approximate surface area is 177 Å². The Hall–Kier alpha value is -3.16. The topological polar surface area (TPSA) is 106 Å². The number of nitrogens with one attached hydrogen (secondary N) is 1. The molecular weight excluding hydrogens is 380 g/mol. The van der Waals surface area contributed by atoms with E-state index in [1.807, 2.05) is 12.1 Å². The Bertz CT molecular complexity index is 874. The van der Waals surface area contributed by atoms with Crippen molar-refractivity contribution in [3.8, 4) is 0 Å². The van der Waals surface area contributed by atoms with Crippen molar-refractivity contribution in [3.05, 3.63) is 47.3 Å². The Balaban J connectivity index is 1.54. The predicted molar refractivity (Wildman–Crippen MR) is 119 cm³/mol. The number of benzene rings is 1. The van der Waals surface area contributed by atoms with E-state index < -0.39 is 0 Å². The maximum Gasteiger partial charge on any atom is 0.224 e. The molecule has 2 aromatic rings. The summed E-state index contributed by atoms with van der Waals surface area (Å²) in [6.07, 6.45) is 5.06. The van der Waals surface area contributed by atoms with Gasteiger partial charge < -0.3 is 20.8 Å². The van der Waals surface area contributed by atoms with Crippen LogP contribution in [-0.2, 0) is 16.1 Å². The molecule has 1 fully saturated rings. The molecule has 0 aliphatic carbocycles. The molecule has 160 valence electrons. The lowest BCUT2D eigenvalue weighted by Gasteiger charge is -2.33. The maximum absolute atomic E-state index is 12.5. The minimum atomic E-state index is 0.0601. The van der Waals surface area contributed by atoms with Gasteiger partial charge in [0.25, 0.3) is 0 Å². The molecule has 0 bridgehead atoms. The van der Waals surface area contributed by atoms with Gasteiger partial charge in [-0.05, 0) is 29.9 Å². The third kappa shape index (κ3) is 5.46. The van der Waals surface area contributed by atoms with Crippen LogP contribution in [0.15, 0.2) is 35.7 Å². The summed E-state index contributed by atoms with van der Waals surface area (Å²) in [6, 6.07) is 8.44. The number of aromatic nitrogens is 2. The van der Waals surface area contributed by atoms with E-state index in [1.54, 1.807) is 0 Å². The van der Waals surface area contributed by atoms with Crippen LogP contribution in [0, 0.1) is 0 Å². The van der Waals surface area contributed by atoms with Crippen LogP contribution in [0.3, 0.4) is 0 Å². The number of carbonyl (C=O) groups excluding carboxylic acids is 1. The Morgan fingerprint density at radius 2 is 2.00 bits per heavy atom. The molecular formula is C22H30N6O2. The van der Waals surface area contributed by atoms with E-state index in [0.717, 1.165) is 37.3 Å². The van der Waals surface area contributed by atoms with Gasteiger partial charge in [0.05, 0.1) is 18.2 Å². The fraction of sp³-hybridized carbons (Fsp3) is 0.455. The number of piperidine rings is 1. The van der Waals surface area contributed by atoms with E-state index in [9.17, 15) is 4.79 Å². The van der Waals surface area contributed by atoms with E-state index in [4.69, 9.17) is 10.6 Å². The zero-order chi connectivity index (χ0) is 21.5. The summed E-state index contributed by atoms with van der Waals surface area (Å²) in [6.45, 7) is 5.85. The lowest BCUT2D eigenvalue weighted by Crippen LogP contribution is -2.45. The second kappa shape index (κ2) is 10.0. The molecule has 0 unspecified atom stereocenters. The van der Waals surface area contributed by atoms with Gasteiger partial charge in [0, 0.05) is 19.1 Å². The van der Waals surface area contributed by atoms with Crippen molar-refractivity contribution in [2.45, 2.75) is 45.1 Å². The minimum absolute atomic E-state index is 0.0601. The maximum atomic E-state index is 12.5. The third-order valence-electron chi connectivity index (χ3n) is 5.35. The Morgan fingerprint density at radius 1 is 1.30 bits per heavy atom. The third-order valence-corrected chi connectivity index (χ3v) is 5.35. The smallest absolute Gasteiger partial charge is 0.224 e. The monoisotopic (exact) mass is 410 g/mol. The first-order valence-corrected chi connectivity index (χ1v) is 10.3. The van der Waals surface area contributed by atoms with Crippen LogP contribution in [0.25, 0.3) is 0 Å². The second-order valence-electron chi connectivity index (χ2n) is 7.82. The number of hydrogen-bond acceptors (Lipinski definition) is 7. The van der Waals surface area contributed by atoms with Crippen molar-refractivity contribution in [3.63, 3.8) is 0 Å². The van der Waals surface area contributed by atoms with Crippen LogP contribution in [-0.4, -0.2) is 48.3 Å². The van der Waals surface area contributed by atoms with Crippen LogP contribution in [0.1, 0.15) is 49.3 Å². The number of amides is 1. The molecule has 8 nitrogen and oxygen atoms in total. The average Bonchev–Trinajstić information content (AvgIpc) is 2.73. The van der Waals surface area contributed by atoms with Crippen LogP contribution in [0.4, 0.5) is 11.6 Å². The highest BCUT2D eigenvalue weighted by molar-refractivity contribution is 5.91. The van der Waals surface area contributed by atoms with E-state index in [-0.39, 0.29) is 11.9 Å². The van der Waals surface area contributed by atoms with Crippen molar-refractivity contribution in [2.24, 2.45) is 5.16 Å². The van der Waals surface area contributed by atoms with Gasteiger partial charge in [-0.25, -0.2) is 9.97 Å². The Morgan fingerprint density at radius 3 is 2.63 bits per heavy atom. The fourth-order valence-corrected chi connectivity index (χ4v) is 3.60. The summed E-state index contributed by atoms with van der Waals surface area (Å²) in [4.78, 5) is 27.8. The molecule has 1 saturated heterocycles. The molecule has 0 radical (unpaired) electrons. The summed E-state index contributed by atoms with van der Waals surface area (Å²) in [5, 5.41) is 6.97. The molecule has 8 heteroatoms. The van der Waals surface area contributed by atoms with Gasteiger partial charge in [-0.2, -0.15) is 0 Å². The minimum Gasteiger partial charge on any atom is -0.399 e. The largest absolute Gasteiger partial charge is 0.399 e. The van der Waals surface area contributed by atoms with Crippen LogP contribution < -0.4 is 16.0 Å². The number of anilines is 2. The average molecular weight is 411 g/mol. The summed E-state index contributed by atoms with van der Waals surface area (Å²) >= 11 is 0. The summed E-state index contributed by atoms with van der Waals surface area (Å²) in [7, 11) is 1.48. The number of oxime groups is 1. The van der Waals surface area contributed by atoms with Crippen molar-refractivity contribution < 1.29 is 9.63 Å². The normalized spacial score (nSPS) is 15.0. The van der Waals surface area contributed by atoms with Crippen LogP contribution >= 0.6 is 0 Å². The van der Waals surface area contributed by atoms with Gasteiger partial charge >= 0.3 is 0 Å². The second-order valence-corrected chi connectivity index (χ2v) is 7.82. The molecule has 0 spiro atoms. The zero-order valence-corrected chi connectivity index (χ0v) is 17.8. The predicted octanol–water partition coefficient (Wildman–Crippen LogP) is 2.49. The van der Waals surface area contributed by atoms with Gasteiger partial charge in [-0.15, -0.1) is 0 Å². The van der Waals surface area contributed by atoms with Crippen molar-refractivity contribution in [1.82, 2.24) is 15.3 Å². The molecule has 1 aliphatic heterocycles. The number of nitrogen functional groups attached to an aromatic ring is 1. The van der Waals surface area contributed by atoms with Crippen LogP contribution in [0.5, 0.6) is 0 Å². The van der Waals surface area contributed by atoms with E-state index in [2.05, 4.69) is 51.3 Å². The number of nitrogens with zero attached hydrogens (tertiary/aromatic N) is 4. The van der Waals surface area contributed by atoms with E-state index >= 15 is 0 Å². The molecule has 3 N–H and O–H groups in total. The number of rotatable bonds is 7. The van der Waals surface area contributed by atoms with Crippen molar-refractivity contribution >= 4 is 23.8 Å². The van der Waals surface area contributed by atoms with Gasteiger partial charge in [0.1, 0.15) is 25.1 Å². The first-order valence-electron chi connectivity index (χ1n) is 10.3. The number of carbonyl (C=O) groups is 1. The summed E-state index contributed by atoms with van der Waals surface area (Å²) in [5.74, 6) is 1.65. The summed E-state index contributed by atoms with van der Waals surface area (Å²) < 4.78 is 0. The van der Waals surface area contributed by atoms with Crippen LogP contribution in [0.2, 0.25) is 0 Å². The fourth-order valence-electron chi connectivity index (χ4n) is 3.60. The molecule has 30 heavy (non-hydrogen) atoms. The number of hydrogen-bond donors (Lipinski definition) is 2. The lowest BCUT2D eigenvalue weighted by molar-refractivity contribution is -0.121. The molecule has 1 aliphatic rings. The first kappa shape index (κ1) is 21.5. The molecule has 1 aromatic carbocycles. The number of nitrogens with two attached hydrogens (primary N) is 1. The highest BCUT2D eigenvalue weighted by Gasteiger charge is 2.24. The molecule has 0 atom stereocenters. The van der Waals surface area contributed by atoms with E-state index in [1.165, 1.54) is 25.2 Å². The molecule has 2 heterocycles. The zero-order valence-electron chi connectivity index (χ0n) is 17.8. The first-order chi connectivity index (χ1) is 14.5. The van der Waals surface area contributed by atoms with E-state index in [0.29, 0.717) is 23.7 Å². The molecule has 0 saturated carbocycles. The highest BCUT2D eigenvalue weighted by atomic mass is 16.6. The van der Waals surface area contributed by atoms with Crippen molar-refractivity contribution in [2.75, 3.05) is 30.8 Å². The van der Waals surface area contributed by atoms with Crippen molar-refractivity contribution in [1.29, 1.82) is 0 Å². The van der Waals surface area contributed by atoms with Gasteiger partial charge in [-0.1, -0.05) is 43.3 Å². The quantitative estimate of drug-likeness (QED) is 0.537. The van der Waals surface area contributed by atoms with Gasteiger partial charge in [-0.3, -0.25) is 4.79 Å². The molecule has 1 aromatic heterocycles. The SMILES string of the molecule is CON=Cc1c(N)ncnc1N1CCC(NC(=O)Cc2ccc(C(C)C)cc2)CC1. The summed E-state index contributed by atoms with van der Waals surface area (Å²) in [5.41, 5.74) is 8.94. The molecule has 3 rings (SSSR count). The van der Waals surface area contributed by atoms with Gasteiger partial charge in [0.2, 0.25) is 5.91 Å².